The molecule has 0 radical (unpaired) electrons. The molecule has 1 unspecified atom stereocenters. The van der Waals surface area contributed by atoms with E-state index in [1.54, 1.807) is 6.92 Å². The fourth-order valence-electron chi connectivity index (χ4n) is 2.11. The summed E-state index contributed by atoms with van der Waals surface area (Å²) in [6, 6.07) is 0. The number of nitrogens with two attached hydrogens (primary N) is 1. The Morgan fingerprint density at radius 1 is 1.33 bits per heavy atom. The van der Waals surface area contributed by atoms with Gasteiger partial charge >= 0.3 is 5.97 Å². The van der Waals surface area contributed by atoms with Gasteiger partial charge < -0.3 is 10.8 Å². The number of rotatable bonds is 9. The standard InChI is InChI=1S/C12H25NO4S/c1-4-6-18(16,17)7-5-12(9-13,11(14)15)8-10(2)3/h10H,4-9,13H2,1-3H3,(H,14,15). The second-order valence-electron chi connectivity index (χ2n) is 5.29. The summed E-state index contributed by atoms with van der Waals surface area (Å²) in [5, 5.41) is 9.32. The first-order valence-corrected chi connectivity index (χ1v) is 8.15. The minimum Gasteiger partial charge on any atom is -0.481 e. The van der Waals surface area contributed by atoms with Gasteiger partial charge in [0, 0.05) is 12.3 Å². The largest absolute Gasteiger partial charge is 0.481 e. The van der Waals surface area contributed by atoms with E-state index in [9.17, 15) is 18.3 Å². The van der Waals surface area contributed by atoms with Crippen LogP contribution in [-0.4, -0.2) is 37.5 Å². The van der Waals surface area contributed by atoms with E-state index in [0.717, 1.165) is 0 Å². The molecule has 108 valence electrons. The van der Waals surface area contributed by atoms with Crippen LogP contribution in [0.4, 0.5) is 0 Å². The highest BCUT2D eigenvalue weighted by Crippen LogP contribution is 2.30. The third-order valence-corrected chi connectivity index (χ3v) is 4.91. The van der Waals surface area contributed by atoms with Gasteiger partial charge in [-0.2, -0.15) is 0 Å². The molecule has 0 bridgehead atoms. The van der Waals surface area contributed by atoms with Crippen LogP contribution in [0, 0.1) is 11.3 Å². The third-order valence-electron chi connectivity index (χ3n) is 3.05. The highest BCUT2D eigenvalue weighted by molar-refractivity contribution is 7.91. The Labute approximate surface area is 110 Å². The molecule has 0 aliphatic heterocycles. The highest BCUT2D eigenvalue weighted by atomic mass is 32.2. The van der Waals surface area contributed by atoms with Crippen LogP contribution in [0.25, 0.3) is 0 Å². The predicted molar refractivity (Wildman–Crippen MR) is 72.1 cm³/mol. The van der Waals surface area contributed by atoms with Gasteiger partial charge in [0.15, 0.2) is 0 Å². The Morgan fingerprint density at radius 2 is 1.89 bits per heavy atom. The number of carboxylic acids is 1. The lowest BCUT2D eigenvalue weighted by Crippen LogP contribution is -2.41. The molecule has 3 N–H and O–H groups in total. The van der Waals surface area contributed by atoms with Crippen LogP contribution in [0.2, 0.25) is 0 Å². The van der Waals surface area contributed by atoms with Gasteiger partial charge in [-0.05, 0) is 25.2 Å². The number of hydrogen-bond donors (Lipinski definition) is 2. The average molecular weight is 279 g/mol. The summed E-state index contributed by atoms with van der Waals surface area (Å²) in [4.78, 5) is 11.4. The molecule has 18 heavy (non-hydrogen) atoms. The average Bonchev–Trinajstić information content (AvgIpc) is 2.23. The van der Waals surface area contributed by atoms with Gasteiger partial charge in [0.05, 0.1) is 11.2 Å². The van der Waals surface area contributed by atoms with Gasteiger partial charge in [0.2, 0.25) is 0 Å². The first-order chi connectivity index (χ1) is 8.19. The molecule has 0 fully saturated rings. The Morgan fingerprint density at radius 3 is 2.22 bits per heavy atom. The zero-order valence-electron chi connectivity index (χ0n) is 11.5. The first kappa shape index (κ1) is 17.4. The van der Waals surface area contributed by atoms with Crippen molar-refractivity contribution < 1.29 is 18.3 Å². The van der Waals surface area contributed by atoms with Crippen molar-refractivity contribution in [2.75, 3.05) is 18.1 Å². The van der Waals surface area contributed by atoms with E-state index in [1.807, 2.05) is 13.8 Å². The molecule has 1 atom stereocenters. The molecule has 0 aliphatic rings. The van der Waals surface area contributed by atoms with Crippen molar-refractivity contribution in [2.45, 2.75) is 40.0 Å². The molecule has 0 aliphatic carbocycles. The fraction of sp³-hybridized carbons (Fsp3) is 0.917. The quantitative estimate of drug-likeness (QED) is 0.662. The molecular weight excluding hydrogens is 254 g/mol. The fourth-order valence-corrected chi connectivity index (χ4v) is 3.64. The second kappa shape index (κ2) is 7.09. The van der Waals surface area contributed by atoms with Crippen molar-refractivity contribution in [3.63, 3.8) is 0 Å². The molecule has 0 spiro atoms. The number of sulfone groups is 1. The summed E-state index contributed by atoms with van der Waals surface area (Å²) in [6.45, 7) is 5.59. The van der Waals surface area contributed by atoms with E-state index >= 15 is 0 Å². The lowest BCUT2D eigenvalue weighted by molar-refractivity contribution is -0.149. The molecule has 0 rings (SSSR count). The van der Waals surface area contributed by atoms with Gasteiger partial charge in [-0.25, -0.2) is 8.42 Å². The minimum atomic E-state index is -3.16. The zero-order chi connectivity index (χ0) is 14.4. The smallest absolute Gasteiger partial charge is 0.310 e. The van der Waals surface area contributed by atoms with E-state index in [0.29, 0.717) is 12.8 Å². The van der Waals surface area contributed by atoms with E-state index < -0.39 is 21.2 Å². The maximum absolute atomic E-state index is 11.7. The normalized spacial score (nSPS) is 15.6. The summed E-state index contributed by atoms with van der Waals surface area (Å²) in [5.41, 5.74) is 4.47. The Bertz CT molecular complexity index is 364. The Hall–Kier alpha value is -0.620. The number of carboxylic acid groups (broad SMARTS) is 1. The van der Waals surface area contributed by atoms with Crippen molar-refractivity contribution in [2.24, 2.45) is 17.1 Å². The summed E-state index contributed by atoms with van der Waals surface area (Å²) >= 11 is 0. The minimum absolute atomic E-state index is 0.0256. The van der Waals surface area contributed by atoms with Crippen LogP contribution in [0.3, 0.4) is 0 Å². The summed E-state index contributed by atoms with van der Waals surface area (Å²) in [6.07, 6.45) is 1.05. The van der Waals surface area contributed by atoms with E-state index in [2.05, 4.69) is 0 Å². The molecule has 0 amide bonds. The van der Waals surface area contributed by atoms with Crippen molar-refractivity contribution in [3.8, 4) is 0 Å². The summed E-state index contributed by atoms with van der Waals surface area (Å²) in [7, 11) is -3.16. The van der Waals surface area contributed by atoms with Crippen LogP contribution < -0.4 is 5.73 Å². The van der Waals surface area contributed by atoms with Gasteiger partial charge in [-0.15, -0.1) is 0 Å². The molecular formula is C12H25NO4S. The monoisotopic (exact) mass is 279 g/mol. The van der Waals surface area contributed by atoms with Crippen molar-refractivity contribution in [3.05, 3.63) is 0 Å². The first-order valence-electron chi connectivity index (χ1n) is 6.33. The maximum atomic E-state index is 11.7. The molecule has 0 aromatic rings. The van der Waals surface area contributed by atoms with Crippen molar-refractivity contribution in [1.82, 2.24) is 0 Å². The Balaban J connectivity index is 4.86. The molecule has 0 heterocycles. The molecule has 0 saturated heterocycles. The van der Waals surface area contributed by atoms with E-state index in [-0.39, 0.29) is 30.4 Å². The van der Waals surface area contributed by atoms with Crippen LogP contribution in [0.5, 0.6) is 0 Å². The second-order valence-corrected chi connectivity index (χ2v) is 7.59. The van der Waals surface area contributed by atoms with Crippen LogP contribution in [-0.2, 0) is 14.6 Å². The molecule has 5 nitrogen and oxygen atoms in total. The van der Waals surface area contributed by atoms with Gasteiger partial charge in [-0.1, -0.05) is 20.8 Å². The molecule has 0 aromatic heterocycles. The van der Waals surface area contributed by atoms with E-state index in [1.165, 1.54) is 0 Å². The predicted octanol–water partition coefficient (Wildman–Crippen LogP) is 1.28. The molecule has 6 heteroatoms. The van der Waals surface area contributed by atoms with Gasteiger partial charge in [0.25, 0.3) is 0 Å². The van der Waals surface area contributed by atoms with Crippen LogP contribution in [0.1, 0.15) is 40.0 Å². The molecule has 0 saturated carbocycles. The van der Waals surface area contributed by atoms with Crippen molar-refractivity contribution >= 4 is 15.8 Å². The van der Waals surface area contributed by atoms with E-state index in [4.69, 9.17) is 5.73 Å². The van der Waals surface area contributed by atoms with Gasteiger partial charge in [-0.3, -0.25) is 4.79 Å². The maximum Gasteiger partial charge on any atom is 0.310 e. The number of hydrogen-bond acceptors (Lipinski definition) is 4. The van der Waals surface area contributed by atoms with Gasteiger partial charge in [0.1, 0.15) is 9.84 Å². The highest BCUT2D eigenvalue weighted by Gasteiger charge is 2.38. The summed E-state index contributed by atoms with van der Waals surface area (Å²) < 4.78 is 23.3. The van der Waals surface area contributed by atoms with Crippen molar-refractivity contribution in [1.29, 1.82) is 0 Å². The zero-order valence-corrected chi connectivity index (χ0v) is 12.3. The number of carbonyl (C=O) groups is 1. The van der Waals surface area contributed by atoms with Crippen LogP contribution in [0.15, 0.2) is 0 Å². The summed E-state index contributed by atoms with van der Waals surface area (Å²) in [5.74, 6) is -0.824. The third kappa shape index (κ3) is 5.35. The number of aliphatic carboxylic acids is 1. The van der Waals surface area contributed by atoms with Crippen LogP contribution >= 0.6 is 0 Å². The molecule has 0 aromatic carbocycles. The topological polar surface area (TPSA) is 97.5 Å². The SMILES string of the molecule is CCCS(=O)(=O)CCC(CN)(CC(C)C)C(=O)O. The lowest BCUT2D eigenvalue weighted by Gasteiger charge is -2.29. The Kier molecular flexibility index (Phi) is 6.84. The lowest BCUT2D eigenvalue weighted by atomic mass is 9.78.